The minimum atomic E-state index is -4.50. The molecule has 0 N–H and O–H groups in total. The van der Waals surface area contributed by atoms with Crippen LogP contribution in [0, 0.1) is 0 Å². The summed E-state index contributed by atoms with van der Waals surface area (Å²) < 4.78 is 53.8. The van der Waals surface area contributed by atoms with Crippen LogP contribution in [0.3, 0.4) is 0 Å². The van der Waals surface area contributed by atoms with Gasteiger partial charge >= 0.3 is 6.18 Å². The molecule has 6 rings (SSSR count). The summed E-state index contributed by atoms with van der Waals surface area (Å²) in [5.74, 6) is 1.55. The lowest BCUT2D eigenvalue weighted by molar-refractivity contribution is -0.140. The lowest BCUT2D eigenvalue weighted by Crippen LogP contribution is -2.04. The molecule has 0 unspecified atom stereocenters. The van der Waals surface area contributed by atoms with Gasteiger partial charge in [-0.1, -0.05) is 24.3 Å². The molecule has 0 radical (unpaired) electrons. The average Bonchev–Trinajstić information content (AvgIpc) is 3.66. The molecule has 41 heavy (non-hydrogen) atoms. The van der Waals surface area contributed by atoms with Crippen LogP contribution in [0.1, 0.15) is 41.3 Å². The highest BCUT2D eigenvalue weighted by Crippen LogP contribution is 2.45. The maximum absolute atomic E-state index is 13.1. The molecule has 9 nitrogen and oxygen atoms in total. The van der Waals surface area contributed by atoms with Crippen molar-refractivity contribution in [1.29, 1.82) is 0 Å². The summed E-state index contributed by atoms with van der Waals surface area (Å²) >= 11 is 0. The van der Waals surface area contributed by atoms with Crippen LogP contribution in [0.5, 0.6) is 5.88 Å². The average molecular weight is 564 g/mol. The minimum absolute atomic E-state index is 0.253. The van der Waals surface area contributed by atoms with Crippen molar-refractivity contribution in [3.05, 3.63) is 71.7 Å². The van der Waals surface area contributed by atoms with E-state index >= 15 is 0 Å². The van der Waals surface area contributed by atoms with Gasteiger partial charge in [-0.3, -0.25) is 0 Å². The predicted molar refractivity (Wildman–Crippen MR) is 145 cm³/mol. The van der Waals surface area contributed by atoms with Gasteiger partial charge in [0.1, 0.15) is 17.7 Å². The van der Waals surface area contributed by atoms with Gasteiger partial charge in [0, 0.05) is 56.6 Å². The van der Waals surface area contributed by atoms with Gasteiger partial charge in [-0.25, -0.2) is 24.9 Å². The SMILES string of the molecule is COCCn1cc(Cc2ccc(-c3nc(C(F)(F)F)cn3C)cc2)c2nc(-c3c(OC)ncnc3C3CC3)ncc21. The quantitative estimate of drug-likeness (QED) is 0.236. The fourth-order valence-electron chi connectivity index (χ4n) is 5.04. The second kappa shape index (κ2) is 10.6. The number of hydrogen-bond acceptors (Lipinski definition) is 7. The Bertz CT molecular complexity index is 1710. The van der Waals surface area contributed by atoms with Crippen molar-refractivity contribution in [1.82, 2.24) is 34.1 Å². The number of fused-ring (bicyclic) bond motifs is 1. The first-order chi connectivity index (χ1) is 19.8. The van der Waals surface area contributed by atoms with Crippen LogP contribution in [0.2, 0.25) is 0 Å². The number of ether oxygens (including phenoxy) is 2. The summed E-state index contributed by atoms with van der Waals surface area (Å²) in [5.41, 5.74) is 4.92. The van der Waals surface area contributed by atoms with Crippen LogP contribution in [0.15, 0.2) is 49.2 Å². The van der Waals surface area contributed by atoms with Crippen molar-refractivity contribution < 1.29 is 22.6 Å². The largest absolute Gasteiger partial charge is 0.480 e. The Hall–Kier alpha value is -4.32. The second-order valence-corrected chi connectivity index (χ2v) is 10.1. The monoisotopic (exact) mass is 563 g/mol. The smallest absolute Gasteiger partial charge is 0.434 e. The summed E-state index contributed by atoms with van der Waals surface area (Å²) in [4.78, 5) is 22.3. The summed E-state index contributed by atoms with van der Waals surface area (Å²) in [6.45, 7) is 1.15. The highest BCUT2D eigenvalue weighted by Gasteiger charge is 2.34. The molecule has 212 valence electrons. The van der Waals surface area contributed by atoms with Crippen LogP contribution in [-0.4, -0.2) is 54.9 Å². The van der Waals surface area contributed by atoms with Crippen molar-refractivity contribution in [2.24, 2.45) is 7.05 Å². The fourth-order valence-corrected chi connectivity index (χ4v) is 5.04. The van der Waals surface area contributed by atoms with E-state index in [9.17, 15) is 13.2 Å². The Balaban J connectivity index is 1.37. The standard InChI is InChI=1S/C29H28F3N7O2/c1-38-15-22(29(30,31)32)36-27(38)19-6-4-17(5-7-19)12-20-14-39(10-11-40-2)21-13-33-26(37-24(20)21)23-25(18-8-9-18)34-16-35-28(23)41-3/h4-7,13-16,18H,8-12H2,1-3H3. The molecule has 4 heterocycles. The molecular formula is C29H28F3N7O2. The topological polar surface area (TPSA) is 92.8 Å². The molecule has 1 saturated carbocycles. The van der Waals surface area contributed by atoms with Gasteiger partial charge in [0.2, 0.25) is 5.88 Å². The van der Waals surface area contributed by atoms with Gasteiger partial charge in [0.05, 0.1) is 36.6 Å². The van der Waals surface area contributed by atoms with Crippen LogP contribution in [-0.2, 0) is 30.9 Å². The summed E-state index contributed by atoms with van der Waals surface area (Å²) in [5, 5.41) is 0. The minimum Gasteiger partial charge on any atom is -0.480 e. The Morgan fingerprint density at radius 1 is 1.00 bits per heavy atom. The van der Waals surface area contributed by atoms with E-state index in [1.165, 1.54) is 10.9 Å². The first-order valence-corrected chi connectivity index (χ1v) is 13.2. The number of benzene rings is 1. The molecular weight excluding hydrogens is 535 g/mol. The van der Waals surface area contributed by atoms with E-state index in [4.69, 9.17) is 19.4 Å². The number of methoxy groups -OCH3 is 2. The number of imidazole rings is 1. The molecule has 0 saturated heterocycles. The first kappa shape index (κ1) is 26.9. The molecule has 12 heteroatoms. The van der Waals surface area contributed by atoms with E-state index in [0.29, 0.717) is 48.3 Å². The van der Waals surface area contributed by atoms with Crippen LogP contribution < -0.4 is 4.74 Å². The molecule has 1 fully saturated rings. The van der Waals surface area contributed by atoms with E-state index in [1.54, 1.807) is 33.4 Å². The van der Waals surface area contributed by atoms with E-state index in [2.05, 4.69) is 19.5 Å². The highest BCUT2D eigenvalue weighted by molar-refractivity contribution is 5.82. The molecule has 1 aliphatic rings. The normalized spacial score (nSPS) is 13.7. The van der Waals surface area contributed by atoms with Crippen LogP contribution >= 0.6 is 0 Å². The number of nitrogens with zero attached hydrogens (tertiary/aromatic N) is 7. The molecule has 0 spiro atoms. The first-order valence-electron chi connectivity index (χ1n) is 13.2. The maximum atomic E-state index is 13.1. The zero-order chi connectivity index (χ0) is 28.7. The molecule has 0 amide bonds. The third-order valence-electron chi connectivity index (χ3n) is 7.23. The van der Waals surface area contributed by atoms with Crippen LogP contribution in [0.25, 0.3) is 33.8 Å². The zero-order valence-electron chi connectivity index (χ0n) is 22.8. The lowest BCUT2D eigenvalue weighted by Gasteiger charge is -2.11. The maximum Gasteiger partial charge on any atom is 0.434 e. The summed E-state index contributed by atoms with van der Waals surface area (Å²) in [7, 11) is 4.79. The lowest BCUT2D eigenvalue weighted by atomic mass is 10.0. The molecule has 0 bridgehead atoms. The van der Waals surface area contributed by atoms with Crippen LogP contribution in [0.4, 0.5) is 13.2 Å². The van der Waals surface area contributed by atoms with Crippen molar-refractivity contribution >= 4 is 11.0 Å². The molecule has 4 aromatic heterocycles. The van der Waals surface area contributed by atoms with Gasteiger partial charge in [-0.05, 0) is 18.4 Å². The van der Waals surface area contributed by atoms with E-state index < -0.39 is 11.9 Å². The van der Waals surface area contributed by atoms with Crippen molar-refractivity contribution in [3.8, 4) is 28.7 Å². The van der Waals surface area contributed by atoms with E-state index in [0.717, 1.165) is 46.9 Å². The number of aromatic nitrogens is 7. The Kier molecular flexibility index (Phi) is 6.94. The van der Waals surface area contributed by atoms with Crippen molar-refractivity contribution in [3.63, 3.8) is 0 Å². The molecule has 1 aliphatic carbocycles. The number of halogens is 3. The van der Waals surface area contributed by atoms with Crippen molar-refractivity contribution in [2.75, 3.05) is 20.8 Å². The fraction of sp³-hybridized carbons (Fsp3) is 0.345. The summed E-state index contributed by atoms with van der Waals surface area (Å²) in [6.07, 6.45) is 4.53. The predicted octanol–water partition coefficient (Wildman–Crippen LogP) is 5.43. The Morgan fingerprint density at radius 2 is 1.78 bits per heavy atom. The molecule has 0 atom stereocenters. The number of aryl methyl sites for hydroxylation is 1. The van der Waals surface area contributed by atoms with Gasteiger partial charge < -0.3 is 18.6 Å². The number of alkyl halides is 3. The highest BCUT2D eigenvalue weighted by atomic mass is 19.4. The second-order valence-electron chi connectivity index (χ2n) is 10.1. The third kappa shape index (κ3) is 5.26. The number of rotatable bonds is 9. The van der Waals surface area contributed by atoms with Gasteiger partial charge in [0.25, 0.3) is 0 Å². The third-order valence-corrected chi connectivity index (χ3v) is 7.23. The van der Waals surface area contributed by atoms with E-state index in [1.807, 2.05) is 24.5 Å². The molecule has 5 aromatic rings. The van der Waals surface area contributed by atoms with Gasteiger partial charge in [0.15, 0.2) is 11.5 Å². The number of hydrogen-bond donors (Lipinski definition) is 0. The Labute approximate surface area is 234 Å². The summed E-state index contributed by atoms with van der Waals surface area (Å²) in [6, 6.07) is 7.38. The van der Waals surface area contributed by atoms with E-state index in [-0.39, 0.29) is 5.82 Å². The Morgan fingerprint density at radius 3 is 2.44 bits per heavy atom. The van der Waals surface area contributed by atoms with Gasteiger partial charge in [-0.2, -0.15) is 13.2 Å². The molecule has 1 aromatic carbocycles. The molecule has 0 aliphatic heterocycles. The van der Waals surface area contributed by atoms with Gasteiger partial charge in [-0.15, -0.1) is 0 Å². The van der Waals surface area contributed by atoms with Crippen molar-refractivity contribution in [2.45, 2.75) is 37.9 Å². The zero-order valence-corrected chi connectivity index (χ0v) is 22.8.